The number of aldehydes is 1. The average Bonchev–Trinajstić information content (AvgIpc) is 3.61. The Morgan fingerprint density at radius 2 is 2.00 bits per heavy atom. The number of hydrogen-bond donors (Lipinski definition) is 1. The third kappa shape index (κ3) is 3.92. The summed E-state index contributed by atoms with van der Waals surface area (Å²) in [7, 11) is 3.20. The van der Waals surface area contributed by atoms with Crippen molar-refractivity contribution in [1.29, 1.82) is 0 Å². The molecule has 0 amide bonds. The molecule has 10 heteroatoms. The zero-order chi connectivity index (χ0) is 22.8. The van der Waals surface area contributed by atoms with Gasteiger partial charge in [-0.3, -0.25) is 4.79 Å². The zero-order valence-corrected chi connectivity index (χ0v) is 18.6. The Labute approximate surface area is 192 Å². The maximum Gasteiger partial charge on any atom is 0.255 e. The fourth-order valence-corrected chi connectivity index (χ4v) is 4.16. The molecule has 0 aliphatic heterocycles. The molecule has 0 bridgehead atoms. The molecular formula is C23H19N5O4S. The molecule has 4 heterocycles. The highest BCUT2D eigenvalue weighted by Crippen LogP contribution is 2.30. The molecule has 0 atom stereocenters. The topological polar surface area (TPSA) is 104 Å². The van der Waals surface area contributed by atoms with Gasteiger partial charge in [-0.15, -0.1) is 16.4 Å². The Bertz CT molecular complexity index is 1420. The molecule has 9 nitrogen and oxygen atoms in total. The summed E-state index contributed by atoms with van der Waals surface area (Å²) in [4.78, 5) is 21.3. The first-order valence-electron chi connectivity index (χ1n) is 9.99. The number of nitrogens with zero attached hydrogens (tertiary/aromatic N) is 4. The summed E-state index contributed by atoms with van der Waals surface area (Å²) in [6.45, 7) is 0.485. The molecule has 0 unspecified atom stereocenters. The second kappa shape index (κ2) is 8.75. The largest absolute Gasteiger partial charge is 0.493 e. The summed E-state index contributed by atoms with van der Waals surface area (Å²) in [6, 6.07) is 13.0. The van der Waals surface area contributed by atoms with Crippen LogP contribution in [0.2, 0.25) is 0 Å². The fourth-order valence-electron chi connectivity index (χ4n) is 3.45. The van der Waals surface area contributed by atoms with Gasteiger partial charge in [0.15, 0.2) is 23.5 Å². The van der Waals surface area contributed by atoms with Gasteiger partial charge in [0.1, 0.15) is 5.82 Å². The maximum absolute atomic E-state index is 11.5. The van der Waals surface area contributed by atoms with Crippen molar-refractivity contribution in [2.75, 3.05) is 19.5 Å². The number of carbonyl (C=O) groups excluding carboxylic acids is 1. The van der Waals surface area contributed by atoms with Crippen LogP contribution in [0.3, 0.4) is 0 Å². The highest BCUT2D eigenvalue weighted by Gasteiger charge is 2.17. The molecule has 33 heavy (non-hydrogen) atoms. The summed E-state index contributed by atoms with van der Waals surface area (Å²) in [6.07, 6.45) is 2.40. The lowest BCUT2D eigenvalue weighted by atomic mass is 10.2. The van der Waals surface area contributed by atoms with Crippen molar-refractivity contribution in [1.82, 2.24) is 19.6 Å². The Morgan fingerprint density at radius 3 is 2.76 bits per heavy atom. The summed E-state index contributed by atoms with van der Waals surface area (Å²) >= 11 is 1.36. The lowest BCUT2D eigenvalue weighted by molar-refractivity contribution is 0.112. The predicted molar refractivity (Wildman–Crippen MR) is 124 cm³/mol. The molecular weight excluding hydrogens is 442 g/mol. The SMILES string of the molecule is COc1ccc(CNc2cc(-c3ccsc3C=O)nc3nc(-c4ccco4)nn23)cc1OC. The summed E-state index contributed by atoms with van der Waals surface area (Å²) < 4.78 is 17.8. The van der Waals surface area contributed by atoms with Crippen LogP contribution in [0, 0.1) is 0 Å². The summed E-state index contributed by atoms with van der Waals surface area (Å²) in [5.41, 5.74) is 2.35. The van der Waals surface area contributed by atoms with E-state index in [1.807, 2.05) is 35.7 Å². The molecule has 0 saturated heterocycles. The van der Waals surface area contributed by atoms with Crippen molar-refractivity contribution in [3.8, 4) is 34.3 Å². The lowest BCUT2D eigenvalue weighted by Crippen LogP contribution is -2.07. The number of hydrogen-bond acceptors (Lipinski definition) is 9. The van der Waals surface area contributed by atoms with Crippen molar-refractivity contribution in [3.05, 3.63) is 64.5 Å². The highest BCUT2D eigenvalue weighted by atomic mass is 32.1. The van der Waals surface area contributed by atoms with Crippen molar-refractivity contribution in [2.45, 2.75) is 6.54 Å². The van der Waals surface area contributed by atoms with Crippen LogP contribution in [0.15, 0.2) is 58.5 Å². The number of furan rings is 1. The van der Waals surface area contributed by atoms with Crippen LogP contribution in [0.1, 0.15) is 15.2 Å². The van der Waals surface area contributed by atoms with Crippen molar-refractivity contribution >= 4 is 29.2 Å². The van der Waals surface area contributed by atoms with Gasteiger partial charge in [-0.25, -0.2) is 4.98 Å². The molecule has 0 aliphatic rings. The van der Waals surface area contributed by atoms with Gasteiger partial charge in [0, 0.05) is 18.2 Å². The van der Waals surface area contributed by atoms with Crippen molar-refractivity contribution in [3.63, 3.8) is 0 Å². The monoisotopic (exact) mass is 461 g/mol. The first-order chi connectivity index (χ1) is 16.2. The van der Waals surface area contributed by atoms with Gasteiger partial charge in [0.2, 0.25) is 5.82 Å². The fraction of sp³-hybridized carbons (Fsp3) is 0.130. The van der Waals surface area contributed by atoms with Crippen LogP contribution in [-0.2, 0) is 6.54 Å². The molecule has 0 aliphatic carbocycles. The zero-order valence-electron chi connectivity index (χ0n) is 17.8. The number of ether oxygens (including phenoxy) is 2. The predicted octanol–water partition coefficient (Wildman–Crippen LogP) is 4.55. The maximum atomic E-state index is 11.5. The third-order valence-electron chi connectivity index (χ3n) is 5.05. The van der Waals surface area contributed by atoms with Crippen LogP contribution in [0.4, 0.5) is 5.82 Å². The van der Waals surface area contributed by atoms with E-state index in [9.17, 15) is 4.79 Å². The van der Waals surface area contributed by atoms with E-state index in [0.29, 0.717) is 51.8 Å². The normalized spacial score (nSPS) is 11.0. The van der Waals surface area contributed by atoms with Crippen LogP contribution >= 0.6 is 11.3 Å². The lowest BCUT2D eigenvalue weighted by Gasteiger charge is -2.12. The molecule has 0 radical (unpaired) electrons. The van der Waals surface area contributed by atoms with E-state index in [-0.39, 0.29) is 0 Å². The van der Waals surface area contributed by atoms with Gasteiger partial charge in [0.25, 0.3) is 5.78 Å². The van der Waals surface area contributed by atoms with Gasteiger partial charge in [-0.2, -0.15) is 9.50 Å². The Morgan fingerprint density at radius 1 is 1.12 bits per heavy atom. The Kier molecular flexibility index (Phi) is 5.49. The van der Waals surface area contributed by atoms with Gasteiger partial charge in [0.05, 0.1) is 31.1 Å². The average molecular weight is 462 g/mol. The number of anilines is 1. The second-order valence-corrected chi connectivity index (χ2v) is 7.96. The number of rotatable bonds is 8. The van der Waals surface area contributed by atoms with Gasteiger partial charge >= 0.3 is 0 Å². The van der Waals surface area contributed by atoms with Crippen LogP contribution in [-0.4, -0.2) is 40.1 Å². The Balaban J connectivity index is 1.56. The number of nitrogens with one attached hydrogen (secondary N) is 1. The third-order valence-corrected chi connectivity index (χ3v) is 5.90. The van der Waals surface area contributed by atoms with Gasteiger partial charge < -0.3 is 19.2 Å². The van der Waals surface area contributed by atoms with E-state index >= 15 is 0 Å². The summed E-state index contributed by atoms with van der Waals surface area (Å²) in [5, 5.41) is 9.83. The number of aromatic nitrogens is 4. The van der Waals surface area contributed by atoms with Crippen LogP contribution in [0.25, 0.3) is 28.6 Å². The van der Waals surface area contributed by atoms with Crippen molar-refractivity contribution in [2.24, 2.45) is 0 Å². The minimum Gasteiger partial charge on any atom is -0.493 e. The quantitative estimate of drug-likeness (QED) is 0.336. The van der Waals surface area contributed by atoms with E-state index in [1.54, 1.807) is 37.1 Å². The Hall–Kier alpha value is -4.18. The van der Waals surface area contributed by atoms with Gasteiger partial charge in [-0.1, -0.05) is 6.07 Å². The molecule has 4 aromatic heterocycles. The van der Waals surface area contributed by atoms with E-state index in [0.717, 1.165) is 17.4 Å². The molecule has 5 rings (SSSR count). The smallest absolute Gasteiger partial charge is 0.255 e. The molecule has 0 saturated carbocycles. The van der Waals surface area contributed by atoms with E-state index in [2.05, 4.69) is 20.4 Å². The number of fused-ring (bicyclic) bond motifs is 1. The van der Waals surface area contributed by atoms with Crippen molar-refractivity contribution < 1.29 is 18.7 Å². The molecule has 1 N–H and O–H groups in total. The molecule has 1 aromatic carbocycles. The number of benzene rings is 1. The molecule has 0 spiro atoms. The number of methoxy groups -OCH3 is 2. The first-order valence-corrected chi connectivity index (χ1v) is 10.9. The number of carbonyl (C=O) groups is 1. The van der Waals surface area contributed by atoms with Gasteiger partial charge in [-0.05, 0) is 41.3 Å². The number of thiophene rings is 1. The second-order valence-electron chi connectivity index (χ2n) is 7.01. The van der Waals surface area contributed by atoms with E-state index in [1.165, 1.54) is 11.3 Å². The highest BCUT2D eigenvalue weighted by molar-refractivity contribution is 7.12. The van der Waals surface area contributed by atoms with Crippen LogP contribution in [0.5, 0.6) is 11.5 Å². The van der Waals surface area contributed by atoms with Crippen LogP contribution < -0.4 is 14.8 Å². The summed E-state index contributed by atoms with van der Waals surface area (Å²) in [5.74, 6) is 3.31. The minimum atomic E-state index is 0.386. The minimum absolute atomic E-state index is 0.386. The molecule has 5 aromatic rings. The molecule has 0 fully saturated rings. The first kappa shape index (κ1) is 20.7. The van der Waals surface area contributed by atoms with E-state index < -0.39 is 0 Å². The molecule has 166 valence electrons. The standard InChI is InChI=1S/C23H19N5O4S/c1-30-17-6-5-14(10-19(17)31-2)12-24-21-11-16(15-7-9-33-20(15)13-29)25-23-26-22(27-28(21)23)18-4-3-8-32-18/h3-11,13,24H,12H2,1-2H3. The van der Waals surface area contributed by atoms with E-state index in [4.69, 9.17) is 13.9 Å².